The molecule has 0 heterocycles. The number of hydrogen-bond donors (Lipinski definition) is 0. The quantitative estimate of drug-likeness (QED) is 0.380. The third kappa shape index (κ3) is 3.62. The van der Waals surface area contributed by atoms with Crippen molar-refractivity contribution in [2.45, 2.75) is 51.4 Å². The summed E-state index contributed by atoms with van der Waals surface area (Å²) in [6.07, 6.45) is 6.32. The van der Waals surface area contributed by atoms with Crippen LogP contribution in [-0.2, 0) is 11.2 Å². The zero-order chi connectivity index (χ0) is 24.2. The van der Waals surface area contributed by atoms with Gasteiger partial charge in [0, 0.05) is 23.0 Å². The van der Waals surface area contributed by atoms with Crippen LogP contribution < -0.4 is 0 Å². The van der Waals surface area contributed by atoms with Crippen LogP contribution >= 0.6 is 0 Å². The van der Waals surface area contributed by atoms with Crippen molar-refractivity contribution in [2.75, 3.05) is 0 Å². The summed E-state index contributed by atoms with van der Waals surface area (Å²) in [6.45, 7) is 6.64. The lowest BCUT2D eigenvalue weighted by Gasteiger charge is -2.48. The van der Waals surface area contributed by atoms with E-state index < -0.39 is 0 Å². The van der Waals surface area contributed by atoms with Gasteiger partial charge in [-0.2, -0.15) is 0 Å². The van der Waals surface area contributed by atoms with Crippen molar-refractivity contribution in [2.24, 2.45) is 17.3 Å². The summed E-state index contributed by atoms with van der Waals surface area (Å²) in [4.78, 5) is 25.3. The van der Waals surface area contributed by atoms with Crippen molar-refractivity contribution in [3.05, 3.63) is 113 Å². The fraction of sp³-hybridized carbons (Fsp3) is 0.333. The number of ketones is 2. The molecule has 2 fully saturated rings. The summed E-state index contributed by atoms with van der Waals surface area (Å²) >= 11 is 0. The van der Waals surface area contributed by atoms with Gasteiger partial charge >= 0.3 is 0 Å². The number of rotatable bonds is 4. The van der Waals surface area contributed by atoms with Crippen LogP contribution in [0.1, 0.15) is 83.1 Å². The van der Waals surface area contributed by atoms with Crippen LogP contribution in [0.4, 0.5) is 0 Å². The Hall–Kier alpha value is -3.26. The van der Waals surface area contributed by atoms with Crippen LogP contribution in [0.3, 0.4) is 0 Å². The van der Waals surface area contributed by atoms with E-state index in [2.05, 4.69) is 31.7 Å². The smallest absolute Gasteiger partial charge is 0.193 e. The van der Waals surface area contributed by atoms with Gasteiger partial charge in [-0.1, -0.05) is 86.3 Å². The molecule has 0 unspecified atom stereocenters. The monoisotopic (exact) mass is 460 g/mol. The van der Waals surface area contributed by atoms with E-state index >= 15 is 0 Å². The highest BCUT2D eigenvalue weighted by molar-refractivity contribution is 6.09. The maximum atomic E-state index is 12.7. The van der Waals surface area contributed by atoms with Gasteiger partial charge in [0.05, 0.1) is 0 Å². The van der Waals surface area contributed by atoms with Crippen LogP contribution in [0.15, 0.2) is 79.4 Å². The Balaban J connectivity index is 1.22. The van der Waals surface area contributed by atoms with Gasteiger partial charge in [-0.3, -0.25) is 9.59 Å². The molecular weight excluding hydrogens is 428 g/mol. The summed E-state index contributed by atoms with van der Waals surface area (Å²) in [5.74, 6) is 2.35. The first-order valence-electron chi connectivity index (χ1n) is 13.0. The van der Waals surface area contributed by atoms with Crippen molar-refractivity contribution < 1.29 is 9.59 Å². The topological polar surface area (TPSA) is 34.1 Å². The van der Waals surface area contributed by atoms with Crippen LogP contribution in [0.25, 0.3) is 5.57 Å². The number of fused-ring (bicyclic) bond motifs is 5. The summed E-state index contributed by atoms with van der Waals surface area (Å²) in [5, 5.41) is 0. The van der Waals surface area contributed by atoms with Gasteiger partial charge in [0.1, 0.15) is 5.78 Å². The van der Waals surface area contributed by atoms with Gasteiger partial charge < -0.3 is 0 Å². The average Bonchev–Trinajstić information content (AvgIpc) is 3.22. The van der Waals surface area contributed by atoms with E-state index in [1.807, 2.05) is 54.6 Å². The molecule has 0 aliphatic heterocycles. The molecule has 0 aromatic heterocycles. The lowest BCUT2D eigenvalue weighted by atomic mass is 9.55. The van der Waals surface area contributed by atoms with E-state index in [-0.39, 0.29) is 11.2 Å². The Kier molecular flexibility index (Phi) is 5.36. The molecule has 176 valence electrons. The minimum Gasteiger partial charge on any atom is -0.299 e. The Labute approximate surface area is 208 Å². The zero-order valence-corrected chi connectivity index (χ0v) is 20.4. The number of aryl methyl sites for hydroxylation is 1. The summed E-state index contributed by atoms with van der Waals surface area (Å²) in [7, 11) is 0. The summed E-state index contributed by atoms with van der Waals surface area (Å²) in [5.41, 5.74) is 7.47. The first kappa shape index (κ1) is 22.2. The van der Waals surface area contributed by atoms with Crippen molar-refractivity contribution in [3.63, 3.8) is 0 Å². The molecular formula is C33H32O2. The minimum absolute atomic E-state index is 0.0404. The standard InChI is InChI=1S/C33H32O2/c1-21(22-8-10-24(11-9-22)32(35)23-6-4-3-5-7-23)25-12-14-27-26(20-25)13-15-29-28(27)18-19-33(2)30(29)16-17-31(33)34/h3-12,14,20,28-30H,1,13,15-19H2,2H3/t28-,29-,30+,33+/m1/s1. The maximum Gasteiger partial charge on any atom is 0.193 e. The third-order valence-corrected chi connectivity index (χ3v) is 9.32. The molecule has 6 rings (SSSR count). The Morgan fingerprint density at radius 1 is 0.829 bits per heavy atom. The second kappa shape index (κ2) is 8.45. The molecule has 0 saturated heterocycles. The predicted octanol–water partition coefficient (Wildman–Crippen LogP) is 7.40. The Morgan fingerprint density at radius 3 is 2.29 bits per heavy atom. The Bertz CT molecular complexity index is 1320. The predicted molar refractivity (Wildman–Crippen MR) is 141 cm³/mol. The molecule has 0 N–H and O–H groups in total. The minimum atomic E-state index is -0.0685. The SMILES string of the molecule is C=C(c1ccc(C(=O)c2ccccc2)cc1)c1ccc2c(c1)CC[C@@H]1[C@@H]2CC[C@]2(C)C(=O)CC[C@@H]12. The summed E-state index contributed by atoms with van der Waals surface area (Å²) in [6, 6.07) is 24.1. The Morgan fingerprint density at radius 2 is 1.51 bits per heavy atom. The molecule has 3 aliphatic carbocycles. The second-order valence-corrected chi connectivity index (χ2v) is 11.0. The molecule has 2 saturated carbocycles. The fourth-order valence-corrected chi connectivity index (χ4v) is 7.29. The molecule has 2 nitrogen and oxygen atoms in total. The van der Waals surface area contributed by atoms with Gasteiger partial charge in [0.2, 0.25) is 0 Å². The highest BCUT2D eigenvalue weighted by Crippen LogP contribution is 2.59. The molecule has 3 aromatic rings. The van der Waals surface area contributed by atoms with Crippen molar-refractivity contribution >= 4 is 17.1 Å². The third-order valence-electron chi connectivity index (χ3n) is 9.32. The van der Waals surface area contributed by atoms with E-state index in [1.54, 1.807) is 0 Å². The fourth-order valence-electron chi connectivity index (χ4n) is 7.29. The van der Waals surface area contributed by atoms with Crippen molar-refractivity contribution in [1.29, 1.82) is 0 Å². The number of benzene rings is 3. The van der Waals surface area contributed by atoms with Crippen LogP contribution in [0.5, 0.6) is 0 Å². The first-order chi connectivity index (χ1) is 17.0. The molecule has 0 radical (unpaired) electrons. The van der Waals surface area contributed by atoms with Gasteiger partial charge in [0.15, 0.2) is 5.78 Å². The van der Waals surface area contributed by atoms with E-state index in [0.29, 0.717) is 34.7 Å². The molecule has 3 aromatic carbocycles. The first-order valence-corrected chi connectivity index (χ1v) is 13.0. The molecule has 35 heavy (non-hydrogen) atoms. The largest absolute Gasteiger partial charge is 0.299 e. The molecule has 2 heteroatoms. The maximum absolute atomic E-state index is 12.7. The van der Waals surface area contributed by atoms with E-state index in [9.17, 15) is 9.59 Å². The van der Waals surface area contributed by atoms with E-state index in [0.717, 1.165) is 48.8 Å². The van der Waals surface area contributed by atoms with Crippen LogP contribution in [0, 0.1) is 17.3 Å². The second-order valence-electron chi connectivity index (χ2n) is 11.0. The van der Waals surface area contributed by atoms with Crippen LogP contribution in [-0.4, -0.2) is 11.6 Å². The zero-order valence-electron chi connectivity index (χ0n) is 20.4. The van der Waals surface area contributed by atoms with E-state index in [4.69, 9.17) is 0 Å². The molecule has 0 bridgehead atoms. The van der Waals surface area contributed by atoms with Gasteiger partial charge in [0.25, 0.3) is 0 Å². The molecule has 0 spiro atoms. The highest BCUT2D eigenvalue weighted by atomic mass is 16.1. The highest BCUT2D eigenvalue weighted by Gasteiger charge is 2.54. The lowest BCUT2D eigenvalue weighted by Crippen LogP contribution is -2.42. The van der Waals surface area contributed by atoms with E-state index in [1.165, 1.54) is 17.5 Å². The molecule has 3 aliphatic rings. The number of hydrogen-bond acceptors (Lipinski definition) is 2. The number of Topliss-reactive ketones (excluding diaryl/α,β-unsaturated/α-hetero) is 1. The van der Waals surface area contributed by atoms with Crippen LogP contribution in [0.2, 0.25) is 0 Å². The van der Waals surface area contributed by atoms with Gasteiger partial charge in [-0.25, -0.2) is 0 Å². The molecule has 0 amide bonds. The molecule has 4 atom stereocenters. The van der Waals surface area contributed by atoms with Gasteiger partial charge in [-0.05, 0) is 77.7 Å². The van der Waals surface area contributed by atoms with Crippen molar-refractivity contribution in [1.82, 2.24) is 0 Å². The normalized spacial score (nSPS) is 27.0. The number of carbonyl (C=O) groups excluding carboxylic acids is 2. The average molecular weight is 461 g/mol. The van der Waals surface area contributed by atoms with Gasteiger partial charge in [-0.15, -0.1) is 0 Å². The number of carbonyl (C=O) groups is 2. The van der Waals surface area contributed by atoms with Crippen molar-refractivity contribution in [3.8, 4) is 0 Å². The lowest BCUT2D eigenvalue weighted by molar-refractivity contribution is -0.129. The summed E-state index contributed by atoms with van der Waals surface area (Å²) < 4.78 is 0.